The van der Waals surface area contributed by atoms with E-state index >= 15 is 0 Å². The summed E-state index contributed by atoms with van der Waals surface area (Å²) in [5.74, 6) is 0. The lowest BCUT2D eigenvalue weighted by Crippen LogP contribution is -2.15. The maximum absolute atomic E-state index is 6.31. The highest BCUT2D eigenvalue weighted by molar-refractivity contribution is 7.12. The normalized spacial score (nSPS) is 12.9. The van der Waals surface area contributed by atoms with Gasteiger partial charge in [0.25, 0.3) is 0 Å². The average Bonchev–Trinajstić information content (AvgIpc) is 2.83. The van der Waals surface area contributed by atoms with Crippen molar-refractivity contribution in [3.8, 4) is 0 Å². The number of hydrogen-bond acceptors (Lipinski definition) is 3. The van der Waals surface area contributed by atoms with Crippen molar-refractivity contribution in [2.24, 2.45) is 5.73 Å². The minimum Gasteiger partial charge on any atom is -0.323 e. The van der Waals surface area contributed by atoms with Crippen molar-refractivity contribution in [2.75, 3.05) is 0 Å². The van der Waals surface area contributed by atoms with Crippen LogP contribution in [0.3, 0.4) is 0 Å². The minimum atomic E-state index is 0.0730. The molecule has 0 aliphatic rings. The molecule has 0 aliphatic heterocycles. The molecule has 0 bridgehead atoms. The third-order valence-electron chi connectivity index (χ3n) is 3.26. The van der Waals surface area contributed by atoms with Gasteiger partial charge in [-0.1, -0.05) is 0 Å². The van der Waals surface area contributed by atoms with Crippen molar-refractivity contribution in [1.29, 1.82) is 0 Å². The van der Waals surface area contributed by atoms with Crippen LogP contribution in [0.2, 0.25) is 0 Å². The first-order valence-corrected chi connectivity index (χ1v) is 7.18. The van der Waals surface area contributed by atoms with Gasteiger partial charge >= 0.3 is 0 Å². The van der Waals surface area contributed by atoms with Crippen LogP contribution in [0.5, 0.6) is 0 Å². The first kappa shape index (κ1) is 13.3. The second kappa shape index (κ2) is 5.24. The zero-order chi connectivity index (χ0) is 13.3. The Morgan fingerprint density at radius 3 is 2.61 bits per heavy atom. The predicted octanol–water partition coefficient (Wildman–Crippen LogP) is 3.13. The number of thiophene rings is 1. The fourth-order valence-corrected chi connectivity index (χ4v) is 3.19. The van der Waals surface area contributed by atoms with E-state index in [0.29, 0.717) is 0 Å². The Balaban J connectivity index is 2.17. The molecule has 2 aromatic rings. The van der Waals surface area contributed by atoms with Crippen LogP contribution in [-0.2, 0) is 13.0 Å². The highest BCUT2D eigenvalue weighted by Crippen LogP contribution is 2.27. The molecule has 2 N–H and O–H groups in total. The first-order valence-electron chi connectivity index (χ1n) is 6.37. The van der Waals surface area contributed by atoms with E-state index in [9.17, 15) is 0 Å². The van der Waals surface area contributed by atoms with Gasteiger partial charge in [-0.05, 0) is 45.4 Å². The first-order chi connectivity index (χ1) is 8.51. The monoisotopic (exact) mass is 263 g/mol. The van der Waals surface area contributed by atoms with E-state index in [2.05, 4.69) is 38.0 Å². The van der Waals surface area contributed by atoms with Gasteiger partial charge in [-0.2, -0.15) is 5.10 Å². The minimum absolute atomic E-state index is 0.0730. The van der Waals surface area contributed by atoms with Gasteiger partial charge in [-0.15, -0.1) is 11.3 Å². The summed E-state index contributed by atoms with van der Waals surface area (Å²) < 4.78 is 2.04. The van der Waals surface area contributed by atoms with E-state index in [1.807, 2.05) is 22.9 Å². The maximum atomic E-state index is 6.31. The molecule has 0 amide bonds. The molecular weight excluding hydrogens is 242 g/mol. The van der Waals surface area contributed by atoms with Crippen LogP contribution >= 0.6 is 11.3 Å². The number of aryl methyl sites for hydroxylation is 4. The molecule has 0 fully saturated rings. The third-order valence-corrected chi connectivity index (χ3v) is 4.55. The standard InChI is InChI=1S/C14H21N3S/c1-5-17-12(7-10(3)16-17)8-13(15)14-6-9(2)11(4)18-14/h6-7,13H,5,8,15H2,1-4H3. The molecule has 18 heavy (non-hydrogen) atoms. The van der Waals surface area contributed by atoms with E-state index in [4.69, 9.17) is 5.73 Å². The Kier molecular flexibility index (Phi) is 3.88. The third kappa shape index (κ3) is 2.65. The quantitative estimate of drug-likeness (QED) is 0.921. The van der Waals surface area contributed by atoms with Gasteiger partial charge in [0.2, 0.25) is 0 Å². The van der Waals surface area contributed by atoms with Crippen LogP contribution in [0.1, 0.15) is 39.7 Å². The lowest BCUT2D eigenvalue weighted by atomic mass is 10.1. The van der Waals surface area contributed by atoms with Crippen molar-refractivity contribution in [3.05, 3.63) is 38.8 Å². The van der Waals surface area contributed by atoms with E-state index < -0.39 is 0 Å². The van der Waals surface area contributed by atoms with Gasteiger partial charge in [-0.3, -0.25) is 4.68 Å². The van der Waals surface area contributed by atoms with Gasteiger partial charge in [0.15, 0.2) is 0 Å². The smallest absolute Gasteiger partial charge is 0.0596 e. The van der Waals surface area contributed by atoms with Gasteiger partial charge in [0.05, 0.1) is 5.69 Å². The molecule has 2 aromatic heterocycles. The van der Waals surface area contributed by atoms with E-state index in [0.717, 1.165) is 18.7 Å². The van der Waals surface area contributed by atoms with Gasteiger partial charge in [-0.25, -0.2) is 0 Å². The molecule has 0 radical (unpaired) electrons. The molecule has 3 nitrogen and oxygen atoms in total. The fourth-order valence-electron chi connectivity index (χ4n) is 2.15. The zero-order valence-electron chi connectivity index (χ0n) is 11.5. The Morgan fingerprint density at radius 1 is 1.33 bits per heavy atom. The van der Waals surface area contributed by atoms with Crippen molar-refractivity contribution in [2.45, 2.75) is 46.7 Å². The van der Waals surface area contributed by atoms with Crippen LogP contribution in [0.25, 0.3) is 0 Å². The van der Waals surface area contributed by atoms with Crippen LogP contribution < -0.4 is 5.73 Å². The SMILES string of the molecule is CCn1nc(C)cc1CC(N)c1cc(C)c(C)s1. The van der Waals surface area contributed by atoms with Crippen LogP contribution in [0.15, 0.2) is 12.1 Å². The van der Waals surface area contributed by atoms with Gasteiger partial charge in [0.1, 0.15) is 0 Å². The molecular formula is C14H21N3S. The summed E-state index contributed by atoms with van der Waals surface area (Å²) in [6, 6.07) is 4.42. The van der Waals surface area contributed by atoms with Gasteiger partial charge < -0.3 is 5.73 Å². The largest absolute Gasteiger partial charge is 0.323 e. The molecule has 1 unspecified atom stereocenters. The maximum Gasteiger partial charge on any atom is 0.0596 e. The average molecular weight is 263 g/mol. The van der Waals surface area contributed by atoms with Crippen LogP contribution in [0.4, 0.5) is 0 Å². The molecule has 0 aliphatic carbocycles. The molecule has 0 aromatic carbocycles. The van der Waals surface area contributed by atoms with Crippen molar-refractivity contribution in [3.63, 3.8) is 0 Å². The lowest BCUT2D eigenvalue weighted by molar-refractivity contribution is 0.590. The molecule has 0 spiro atoms. The predicted molar refractivity (Wildman–Crippen MR) is 77.1 cm³/mol. The Morgan fingerprint density at radius 2 is 2.06 bits per heavy atom. The Hall–Kier alpha value is -1.13. The second-order valence-corrected chi connectivity index (χ2v) is 6.08. The van der Waals surface area contributed by atoms with Crippen molar-refractivity contribution in [1.82, 2.24) is 9.78 Å². The molecule has 1 atom stereocenters. The highest BCUT2D eigenvalue weighted by atomic mass is 32.1. The molecule has 0 saturated carbocycles. The highest BCUT2D eigenvalue weighted by Gasteiger charge is 2.14. The van der Waals surface area contributed by atoms with E-state index in [-0.39, 0.29) is 6.04 Å². The summed E-state index contributed by atoms with van der Waals surface area (Å²) in [5.41, 5.74) is 9.95. The fraction of sp³-hybridized carbons (Fsp3) is 0.500. The van der Waals surface area contributed by atoms with Crippen LogP contribution in [-0.4, -0.2) is 9.78 Å². The van der Waals surface area contributed by atoms with Crippen molar-refractivity contribution >= 4 is 11.3 Å². The molecule has 98 valence electrons. The summed E-state index contributed by atoms with van der Waals surface area (Å²) >= 11 is 1.81. The molecule has 4 heteroatoms. The summed E-state index contributed by atoms with van der Waals surface area (Å²) in [6.07, 6.45) is 0.855. The Labute approximate surface area is 113 Å². The van der Waals surface area contributed by atoms with Crippen LogP contribution in [0, 0.1) is 20.8 Å². The number of rotatable bonds is 4. The second-order valence-electron chi connectivity index (χ2n) is 4.79. The number of nitrogens with two attached hydrogens (primary N) is 1. The molecule has 2 heterocycles. The molecule has 2 rings (SSSR count). The van der Waals surface area contributed by atoms with Crippen molar-refractivity contribution < 1.29 is 0 Å². The Bertz CT molecular complexity index is 520. The topological polar surface area (TPSA) is 43.8 Å². The number of aromatic nitrogens is 2. The summed E-state index contributed by atoms with van der Waals surface area (Å²) in [7, 11) is 0. The van der Waals surface area contributed by atoms with Gasteiger partial charge in [0, 0.05) is 34.5 Å². The zero-order valence-corrected chi connectivity index (χ0v) is 12.3. The molecule has 0 saturated heterocycles. The van der Waals surface area contributed by atoms with E-state index in [1.54, 1.807) is 0 Å². The summed E-state index contributed by atoms with van der Waals surface area (Å²) in [5, 5.41) is 4.46. The summed E-state index contributed by atoms with van der Waals surface area (Å²) in [4.78, 5) is 2.63. The number of hydrogen-bond donors (Lipinski definition) is 1. The summed E-state index contributed by atoms with van der Waals surface area (Å²) in [6.45, 7) is 9.33. The lowest BCUT2D eigenvalue weighted by Gasteiger charge is -2.10. The van der Waals surface area contributed by atoms with E-state index in [1.165, 1.54) is 21.0 Å². The number of nitrogens with zero attached hydrogens (tertiary/aromatic N) is 2.